The van der Waals surface area contributed by atoms with Gasteiger partial charge in [-0.1, -0.05) is 42.0 Å². The van der Waals surface area contributed by atoms with Crippen molar-refractivity contribution in [2.24, 2.45) is 5.73 Å². The Labute approximate surface area is 154 Å². The van der Waals surface area contributed by atoms with E-state index in [-0.39, 0.29) is 15.9 Å². The molecule has 0 saturated carbocycles. The van der Waals surface area contributed by atoms with Crippen molar-refractivity contribution < 1.29 is 31.2 Å². The smallest absolute Gasteiger partial charge is 0.345 e. The minimum atomic E-state index is -5.34. The van der Waals surface area contributed by atoms with Crippen molar-refractivity contribution >= 4 is 16.0 Å². The van der Waals surface area contributed by atoms with Crippen LogP contribution in [0.25, 0.3) is 0 Å². The van der Waals surface area contributed by atoms with E-state index in [1.165, 1.54) is 36.4 Å². The minimum absolute atomic E-state index is 0.0327. The van der Waals surface area contributed by atoms with Crippen LogP contribution in [0.4, 0.5) is 13.2 Å². The molecular formula is C17H17F3N2O4S. The van der Waals surface area contributed by atoms with Gasteiger partial charge in [-0.2, -0.15) is 13.2 Å². The third-order valence-corrected chi connectivity index (χ3v) is 5.18. The van der Waals surface area contributed by atoms with Crippen LogP contribution in [0.1, 0.15) is 16.7 Å². The maximum Gasteiger partial charge on any atom is 0.492 e. The van der Waals surface area contributed by atoms with Gasteiger partial charge in [0.1, 0.15) is 0 Å². The first-order chi connectivity index (χ1) is 12.5. The molecule has 0 saturated heterocycles. The van der Waals surface area contributed by atoms with E-state index in [1.807, 2.05) is 0 Å². The quantitative estimate of drug-likeness (QED) is 0.751. The Kier molecular flexibility index (Phi) is 6.24. The Morgan fingerprint density at radius 2 is 1.56 bits per heavy atom. The normalized spacial score (nSPS) is 12.2. The number of nitrogens with two attached hydrogens (primary N) is 1. The molecule has 0 atom stereocenters. The highest BCUT2D eigenvalue weighted by molar-refractivity contribution is 7.89. The number of aryl methyl sites for hydroxylation is 1. The van der Waals surface area contributed by atoms with E-state index in [0.29, 0.717) is 5.56 Å². The maximum atomic E-state index is 12.7. The summed E-state index contributed by atoms with van der Waals surface area (Å²) in [6.45, 7) is 1.37. The molecule has 0 aliphatic rings. The highest BCUT2D eigenvalue weighted by Crippen LogP contribution is 2.24. The highest BCUT2D eigenvalue weighted by atomic mass is 32.2. The average molecular weight is 402 g/mol. The average Bonchev–Trinajstić information content (AvgIpc) is 2.61. The summed E-state index contributed by atoms with van der Waals surface area (Å²) >= 11 is 0. The molecule has 0 aromatic heterocycles. The molecule has 10 heteroatoms. The molecule has 146 valence electrons. The molecule has 0 heterocycles. The number of nitrogens with zero attached hydrogens (tertiary/aromatic N) is 1. The third-order valence-electron chi connectivity index (χ3n) is 3.57. The van der Waals surface area contributed by atoms with Crippen LogP contribution in [0.3, 0.4) is 0 Å². The summed E-state index contributed by atoms with van der Waals surface area (Å²) in [5.74, 6) is -2.63. The number of halogens is 3. The van der Waals surface area contributed by atoms with E-state index in [1.54, 1.807) is 19.1 Å². The number of benzene rings is 2. The fraction of sp³-hybridized carbons (Fsp3) is 0.235. The summed E-state index contributed by atoms with van der Waals surface area (Å²) in [4.78, 5) is 15.1. The highest BCUT2D eigenvalue weighted by Gasteiger charge is 2.44. The predicted molar refractivity (Wildman–Crippen MR) is 90.4 cm³/mol. The van der Waals surface area contributed by atoms with Crippen LogP contribution in [0.2, 0.25) is 0 Å². The zero-order chi connectivity index (χ0) is 20.2. The summed E-state index contributed by atoms with van der Waals surface area (Å²) in [6, 6.07) is 11.6. The van der Waals surface area contributed by atoms with Crippen LogP contribution in [-0.4, -0.2) is 25.0 Å². The zero-order valence-corrected chi connectivity index (χ0v) is 15.0. The van der Waals surface area contributed by atoms with Crippen LogP contribution in [-0.2, 0) is 32.7 Å². The van der Waals surface area contributed by atoms with E-state index >= 15 is 0 Å². The Morgan fingerprint density at radius 3 is 2.04 bits per heavy atom. The van der Waals surface area contributed by atoms with Crippen molar-refractivity contribution in [2.45, 2.75) is 31.1 Å². The Bertz CT molecular complexity index is 895. The molecule has 0 amide bonds. The molecule has 0 radical (unpaired) electrons. The fourth-order valence-electron chi connectivity index (χ4n) is 2.07. The van der Waals surface area contributed by atoms with Gasteiger partial charge in [0.2, 0.25) is 0 Å². The van der Waals surface area contributed by atoms with Crippen molar-refractivity contribution in [3.8, 4) is 0 Å². The number of alkyl halides is 3. The van der Waals surface area contributed by atoms with Crippen molar-refractivity contribution in [3.63, 3.8) is 0 Å². The Hall–Kier alpha value is -2.43. The van der Waals surface area contributed by atoms with E-state index in [9.17, 15) is 26.4 Å². The van der Waals surface area contributed by atoms with E-state index in [0.717, 1.165) is 11.1 Å². The molecule has 2 aromatic rings. The SMILES string of the molecule is Cc1ccc(S(=O)(=O)N(Cc2ccc(CN)cc2)OC(=O)C(F)(F)F)cc1. The van der Waals surface area contributed by atoms with Crippen LogP contribution in [0.5, 0.6) is 0 Å². The van der Waals surface area contributed by atoms with E-state index < -0.39 is 28.7 Å². The van der Waals surface area contributed by atoms with Gasteiger partial charge in [-0.3, -0.25) is 0 Å². The third kappa shape index (κ3) is 5.28. The predicted octanol–water partition coefficient (Wildman–Crippen LogP) is 2.67. The van der Waals surface area contributed by atoms with Gasteiger partial charge >= 0.3 is 12.1 Å². The number of hydrogen-bond donors (Lipinski definition) is 1. The van der Waals surface area contributed by atoms with Gasteiger partial charge < -0.3 is 10.6 Å². The summed E-state index contributed by atoms with van der Waals surface area (Å²) in [7, 11) is -4.52. The zero-order valence-electron chi connectivity index (χ0n) is 14.2. The molecule has 2 aromatic carbocycles. The Balaban J connectivity index is 2.38. The Morgan fingerprint density at radius 1 is 1.04 bits per heavy atom. The minimum Gasteiger partial charge on any atom is -0.345 e. The number of sulfonamides is 1. The molecule has 0 bridgehead atoms. The first-order valence-corrected chi connectivity index (χ1v) is 9.14. The van der Waals surface area contributed by atoms with Gasteiger partial charge in [0.05, 0.1) is 11.4 Å². The van der Waals surface area contributed by atoms with Crippen molar-refractivity contribution in [2.75, 3.05) is 0 Å². The van der Waals surface area contributed by atoms with Crippen molar-refractivity contribution in [1.29, 1.82) is 0 Å². The van der Waals surface area contributed by atoms with Crippen LogP contribution in [0.15, 0.2) is 53.4 Å². The number of rotatable bonds is 6. The van der Waals surface area contributed by atoms with Gasteiger partial charge in [0, 0.05) is 6.54 Å². The van der Waals surface area contributed by atoms with Gasteiger partial charge in [-0.05, 0) is 34.7 Å². The molecule has 2 N–H and O–H groups in total. The topological polar surface area (TPSA) is 89.7 Å². The molecule has 0 aliphatic heterocycles. The van der Waals surface area contributed by atoms with Crippen molar-refractivity contribution in [3.05, 3.63) is 65.2 Å². The lowest BCUT2D eigenvalue weighted by molar-refractivity contribution is -0.223. The van der Waals surface area contributed by atoms with Gasteiger partial charge in [0.25, 0.3) is 10.0 Å². The number of carbonyl (C=O) groups is 1. The molecule has 0 spiro atoms. The van der Waals surface area contributed by atoms with E-state index in [2.05, 4.69) is 4.84 Å². The van der Waals surface area contributed by atoms with Crippen LogP contribution >= 0.6 is 0 Å². The molecular weight excluding hydrogens is 385 g/mol. The van der Waals surface area contributed by atoms with Gasteiger partial charge in [-0.25, -0.2) is 13.2 Å². The second-order valence-corrected chi connectivity index (χ2v) is 7.50. The molecule has 0 aliphatic carbocycles. The monoisotopic (exact) mass is 402 g/mol. The summed E-state index contributed by atoms with van der Waals surface area (Å²) in [5, 5.41) is 0. The summed E-state index contributed by atoms with van der Waals surface area (Å²) in [6.07, 6.45) is -5.34. The molecule has 6 nitrogen and oxygen atoms in total. The van der Waals surface area contributed by atoms with E-state index in [4.69, 9.17) is 5.73 Å². The number of hydrogen-bond acceptors (Lipinski definition) is 5. The van der Waals surface area contributed by atoms with Crippen LogP contribution < -0.4 is 5.73 Å². The largest absolute Gasteiger partial charge is 0.492 e. The number of hydroxylamine groups is 1. The summed E-state index contributed by atoms with van der Waals surface area (Å²) < 4.78 is 63.2. The molecule has 0 unspecified atom stereocenters. The maximum absolute atomic E-state index is 12.7. The first-order valence-electron chi connectivity index (χ1n) is 7.70. The second-order valence-electron chi connectivity index (χ2n) is 5.68. The lowest BCUT2D eigenvalue weighted by Crippen LogP contribution is -2.38. The lowest BCUT2D eigenvalue weighted by atomic mass is 10.1. The molecule has 27 heavy (non-hydrogen) atoms. The lowest BCUT2D eigenvalue weighted by Gasteiger charge is -2.21. The van der Waals surface area contributed by atoms with Crippen LogP contribution in [0, 0.1) is 6.92 Å². The van der Waals surface area contributed by atoms with Crippen molar-refractivity contribution in [1.82, 2.24) is 4.47 Å². The fourth-order valence-corrected chi connectivity index (χ4v) is 3.27. The first kappa shape index (κ1) is 20.9. The number of carbonyl (C=O) groups excluding carboxylic acids is 1. The molecule has 0 fully saturated rings. The summed E-state index contributed by atoms with van der Waals surface area (Å²) in [5.41, 5.74) is 7.29. The second kappa shape index (κ2) is 8.07. The molecule has 2 rings (SSSR count). The standard InChI is InChI=1S/C17H17F3N2O4S/c1-12-2-8-15(9-3-12)27(24,25)22(26-16(23)17(18,19)20)11-14-6-4-13(10-21)5-7-14/h2-9H,10-11,21H2,1H3. The van der Waals surface area contributed by atoms with Gasteiger partial charge in [-0.15, -0.1) is 0 Å². The van der Waals surface area contributed by atoms with Gasteiger partial charge in [0.15, 0.2) is 0 Å².